The first-order valence-electron chi connectivity index (χ1n) is 8.12. The van der Waals surface area contributed by atoms with Gasteiger partial charge in [-0.25, -0.2) is 13.4 Å². The van der Waals surface area contributed by atoms with Crippen molar-refractivity contribution in [3.63, 3.8) is 0 Å². The van der Waals surface area contributed by atoms with E-state index in [-0.39, 0.29) is 23.1 Å². The Labute approximate surface area is 162 Å². The Hall–Kier alpha value is -2.05. The zero-order valence-corrected chi connectivity index (χ0v) is 16.7. The number of fused-ring (bicyclic) bond motifs is 1. The predicted octanol–water partition coefficient (Wildman–Crippen LogP) is 2.46. The highest BCUT2D eigenvalue weighted by molar-refractivity contribution is 8.01. The fourth-order valence-electron chi connectivity index (χ4n) is 3.03. The van der Waals surface area contributed by atoms with Crippen LogP contribution in [0, 0.1) is 16.0 Å². The molecule has 12 heteroatoms. The van der Waals surface area contributed by atoms with E-state index >= 15 is 0 Å². The number of sulfone groups is 1. The van der Waals surface area contributed by atoms with Crippen molar-refractivity contribution in [2.24, 2.45) is 13.0 Å². The van der Waals surface area contributed by atoms with Crippen molar-refractivity contribution in [2.75, 3.05) is 11.5 Å². The number of rotatable bonds is 5. The molecule has 4 rings (SSSR count). The Morgan fingerprint density at radius 3 is 2.93 bits per heavy atom. The highest BCUT2D eigenvalue weighted by Gasteiger charge is 2.29. The molecular weight excluding hydrogens is 410 g/mol. The lowest BCUT2D eigenvalue weighted by atomic mass is 10.1. The van der Waals surface area contributed by atoms with Gasteiger partial charge in [0, 0.05) is 25.6 Å². The molecule has 1 saturated heterocycles. The Morgan fingerprint density at radius 1 is 1.41 bits per heavy atom. The molecule has 1 fully saturated rings. The molecule has 1 aliphatic rings. The highest BCUT2D eigenvalue weighted by atomic mass is 32.2. The van der Waals surface area contributed by atoms with Crippen LogP contribution in [-0.2, 0) is 23.3 Å². The van der Waals surface area contributed by atoms with Crippen molar-refractivity contribution < 1.29 is 13.3 Å². The van der Waals surface area contributed by atoms with Crippen molar-refractivity contribution in [3.05, 3.63) is 34.1 Å². The van der Waals surface area contributed by atoms with Gasteiger partial charge in [0.15, 0.2) is 19.3 Å². The van der Waals surface area contributed by atoms with Gasteiger partial charge >= 0.3 is 0 Å². The molecule has 0 amide bonds. The first kappa shape index (κ1) is 18.3. The second-order valence-corrected chi connectivity index (χ2v) is 10.9. The maximum atomic E-state index is 11.6. The molecule has 1 atom stereocenters. The van der Waals surface area contributed by atoms with Crippen LogP contribution < -0.4 is 0 Å². The summed E-state index contributed by atoms with van der Waals surface area (Å²) in [5, 5.41) is 19.9. The molecule has 1 unspecified atom stereocenters. The van der Waals surface area contributed by atoms with E-state index in [1.165, 1.54) is 35.2 Å². The molecule has 1 aromatic carbocycles. The maximum Gasteiger partial charge on any atom is 0.270 e. The Balaban J connectivity index is 1.52. The van der Waals surface area contributed by atoms with E-state index in [1.54, 1.807) is 6.07 Å². The van der Waals surface area contributed by atoms with Gasteiger partial charge in [-0.1, -0.05) is 0 Å². The minimum Gasteiger partial charge on any atom is -0.309 e. The van der Waals surface area contributed by atoms with E-state index in [2.05, 4.69) is 15.2 Å². The Kier molecular flexibility index (Phi) is 4.64. The van der Waals surface area contributed by atoms with E-state index < -0.39 is 14.8 Å². The molecule has 0 saturated carbocycles. The summed E-state index contributed by atoms with van der Waals surface area (Å²) in [4.78, 5) is 15.0. The lowest BCUT2D eigenvalue weighted by molar-refractivity contribution is -0.384. The first-order valence-corrected chi connectivity index (χ1v) is 11.6. The zero-order chi connectivity index (χ0) is 19.2. The number of non-ortho nitro benzene ring substituents is 1. The number of hydrogen-bond acceptors (Lipinski definition) is 9. The summed E-state index contributed by atoms with van der Waals surface area (Å²) in [6, 6.07) is 4.59. The summed E-state index contributed by atoms with van der Waals surface area (Å²) >= 11 is 2.70. The number of nitro benzene ring substituents is 1. The molecule has 0 N–H and O–H groups in total. The van der Waals surface area contributed by atoms with Crippen LogP contribution >= 0.6 is 23.1 Å². The van der Waals surface area contributed by atoms with E-state index in [0.29, 0.717) is 23.5 Å². The third-order valence-electron chi connectivity index (χ3n) is 4.46. The van der Waals surface area contributed by atoms with E-state index in [1.807, 2.05) is 11.6 Å². The molecule has 142 valence electrons. The fraction of sp³-hybridized carbons (Fsp3) is 0.400. The van der Waals surface area contributed by atoms with Gasteiger partial charge < -0.3 is 4.57 Å². The van der Waals surface area contributed by atoms with Crippen LogP contribution in [0.3, 0.4) is 0 Å². The van der Waals surface area contributed by atoms with Crippen LogP contribution in [0.15, 0.2) is 27.7 Å². The van der Waals surface area contributed by atoms with Gasteiger partial charge in [0.2, 0.25) is 0 Å². The van der Waals surface area contributed by atoms with Crippen LogP contribution in [0.2, 0.25) is 0 Å². The molecule has 0 aliphatic carbocycles. The van der Waals surface area contributed by atoms with Crippen molar-refractivity contribution >= 4 is 48.8 Å². The van der Waals surface area contributed by atoms with Gasteiger partial charge in [-0.2, -0.15) is 0 Å². The summed E-state index contributed by atoms with van der Waals surface area (Å²) in [6.45, 7) is 0. The average Bonchev–Trinajstić information content (AvgIpc) is 3.26. The van der Waals surface area contributed by atoms with Crippen LogP contribution in [0.25, 0.3) is 10.2 Å². The Morgan fingerprint density at radius 2 is 2.22 bits per heavy atom. The van der Waals surface area contributed by atoms with Crippen LogP contribution in [0.1, 0.15) is 12.2 Å². The number of hydrogen-bond donors (Lipinski definition) is 0. The largest absolute Gasteiger partial charge is 0.309 e. The van der Waals surface area contributed by atoms with E-state index in [9.17, 15) is 18.5 Å². The first-order chi connectivity index (χ1) is 12.8. The average molecular weight is 426 g/mol. The minimum atomic E-state index is -2.91. The number of nitrogens with zero attached hydrogens (tertiary/aromatic N) is 5. The summed E-state index contributed by atoms with van der Waals surface area (Å²) in [7, 11) is -1.07. The molecule has 27 heavy (non-hydrogen) atoms. The molecule has 0 bridgehead atoms. The molecule has 3 aromatic rings. The molecule has 0 spiro atoms. The van der Waals surface area contributed by atoms with Gasteiger partial charge in [-0.05, 0) is 30.2 Å². The summed E-state index contributed by atoms with van der Waals surface area (Å²) in [6.07, 6.45) is 1.24. The van der Waals surface area contributed by atoms with Crippen LogP contribution in [-0.4, -0.2) is 44.6 Å². The summed E-state index contributed by atoms with van der Waals surface area (Å²) in [5.41, 5.74) is 0.738. The fourth-order valence-corrected chi connectivity index (χ4v) is 6.91. The topological polar surface area (TPSA) is 121 Å². The predicted molar refractivity (Wildman–Crippen MR) is 102 cm³/mol. The van der Waals surface area contributed by atoms with Crippen LogP contribution in [0.5, 0.6) is 0 Å². The normalized spacial score (nSPS) is 18.9. The highest BCUT2D eigenvalue weighted by Crippen LogP contribution is 2.35. The molecule has 2 aromatic heterocycles. The van der Waals surface area contributed by atoms with Gasteiger partial charge in [0.25, 0.3) is 5.69 Å². The maximum absolute atomic E-state index is 11.6. The third-order valence-corrected chi connectivity index (χ3v) is 8.42. The third kappa shape index (κ3) is 3.82. The standard InChI is InChI=1S/C15H15N5O4S3/c1-19-13(6-9-4-5-27(23,24)8-9)17-18-14(19)26-15-16-11-3-2-10(20(21)22)7-12(11)25-15/h2-3,7,9H,4-6,8H2,1H3. The molecule has 3 heterocycles. The molecule has 9 nitrogen and oxygen atoms in total. The van der Waals surface area contributed by atoms with Gasteiger partial charge in [0.1, 0.15) is 5.82 Å². The van der Waals surface area contributed by atoms with Gasteiger partial charge in [-0.3, -0.25) is 10.1 Å². The van der Waals surface area contributed by atoms with E-state index in [4.69, 9.17) is 0 Å². The summed E-state index contributed by atoms with van der Waals surface area (Å²) < 4.78 is 26.5. The second kappa shape index (κ2) is 6.84. The van der Waals surface area contributed by atoms with Crippen molar-refractivity contribution in [1.82, 2.24) is 19.7 Å². The van der Waals surface area contributed by atoms with Crippen molar-refractivity contribution in [2.45, 2.75) is 22.3 Å². The lowest BCUT2D eigenvalue weighted by Gasteiger charge is -2.07. The summed E-state index contributed by atoms with van der Waals surface area (Å²) in [5.74, 6) is 1.28. The minimum absolute atomic E-state index is 0.0372. The number of thiazole rings is 1. The molecule has 0 radical (unpaired) electrons. The van der Waals surface area contributed by atoms with Crippen molar-refractivity contribution in [1.29, 1.82) is 0 Å². The second-order valence-electron chi connectivity index (χ2n) is 6.42. The smallest absolute Gasteiger partial charge is 0.270 e. The van der Waals surface area contributed by atoms with Gasteiger partial charge in [0.05, 0.1) is 26.6 Å². The quantitative estimate of drug-likeness (QED) is 0.451. The van der Waals surface area contributed by atoms with Gasteiger partial charge in [-0.15, -0.1) is 21.5 Å². The zero-order valence-electron chi connectivity index (χ0n) is 14.2. The number of nitro groups is 1. The Bertz CT molecular complexity index is 1140. The molecule has 1 aliphatic heterocycles. The monoisotopic (exact) mass is 425 g/mol. The number of benzene rings is 1. The number of aromatic nitrogens is 4. The lowest BCUT2D eigenvalue weighted by Crippen LogP contribution is -2.11. The van der Waals surface area contributed by atoms with Crippen LogP contribution in [0.4, 0.5) is 5.69 Å². The molecular formula is C15H15N5O4S3. The van der Waals surface area contributed by atoms with E-state index in [0.717, 1.165) is 14.9 Å². The van der Waals surface area contributed by atoms with Crippen molar-refractivity contribution in [3.8, 4) is 0 Å². The SMILES string of the molecule is Cn1c(CC2CCS(=O)(=O)C2)nnc1Sc1nc2ccc([N+](=O)[O-])cc2s1.